The van der Waals surface area contributed by atoms with Gasteiger partial charge in [-0.2, -0.15) is 0 Å². The smallest absolute Gasteiger partial charge is 0.137 e. The molecule has 2 nitrogen and oxygen atoms in total. The SMILES string of the molecule is CC1(C)c2ccccc2-c2c1c1ccc3cc(N(c4ccccc4)c4cccc5oc6ccccc6c45)ccc3c1c1ccccc21. The lowest BCUT2D eigenvalue weighted by molar-refractivity contribution is 0.666. The molecule has 47 heavy (non-hydrogen) atoms. The zero-order chi connectivity index (χ0) is 31.3. The third-order valence-corrected chi connectivity index (χ3v) is 10.4. The summed E-state index contributed by atoms with van der Waals surface area (Å²) in [7, 11) is 0. The fraction of sp³-hybridized carbons (Fsp3) is 0.0667. The molecule has 8 aromatic carbocycles. The van der Waals surface area contributed by atoms with Gasteiger partial charge in [-0.05, 0) is 97.0 Å². The molecule has 10 rings (SSSR count). The van der Waals surface area contributed by atoms with E-state index in [0.717, 1.165) is 39.0 Å². The molecule has 0 unspecified atom stereocenters. The summed E-state index contributed by atoms with van der Waals surface area (Å²) in [5, 5.41) is 10.0. The zero-order valence-corrected chi connectivity index (χ0v) is 26.3. The number of rotatable bonds is 3. The van der Waals surface area contributed by atoms with E-state index >= 15 is 0 Å². The van der Waals surface area contributed by atoms with Gasteiger partial charge in [0.1, 0.15) is 11.2 Å². The van der Waals surface area contributed by atoms with Gasteiger partial charge in [0.2, 0.25) is 0 Å². The van der Waals surface area contributed by atoms with E-state index in [2.05, 4.69) is 158 Å². The number of furan rings is 1. The summed E-state index contributed by atoms with van der Waals surface area (Å²) in [6, 6.07) is 55.0. The van der Waals surface area contributed by atoms with Crippen molar-refractivity contribution in [3.63, 3.8) is 0 Å². The molecule has 2 heteroatoms. The van der Waals surface area contributed by atoms with E-state index < -0.39 is 0 Å². The Hall–Kier alpha value is -5.86. The fourth-order valence-electron chi connectivity index (χ4n) is 8.40. The molecule has 0 N–H and O–H groups in total. The Morgan fingerprint density at radius 3 is 2.06 bits per heavy atom. The number of benzene rings is 8. The first-order chi connectivity index (χ1) is 23.1. The van der Waals surface area contributed by atoms with Crippen LogP contribution in [0.15, 0.2) is 156 Å². The molecule has 0 saturated heterocycles. The maximum atomic E-state index is 6.32. The second-order valence-corrected chi connectivity index (χ2v) is 13.3. The monoisotopic (exact) mass is 601 g/mol. The van der Waals surface area contributed by atoms with Crippen molar-refractivity contribution in [3.05, 3.63) is 163 Å². The van der Waals surface area contributed by atoms with Gasteiger partial charge in [0.15, 0.2) is 0 Å². The van der Waals surface area contributed by atoms with Crippen LogP contribution in [0.5, 0.6) is 0 Å². The van der Waals surface area contributed by atoms with Crippen LogP contribution in [0.1, 0.15) is 25.0 Å². The predicted octanol–water partition coefficient (Wildman–Crippen LogP) is 12.8. The molecule has 0 aliphatic heterocycles. The van der Waals surface area contributed by atoms with Crippen LogP contribution in [-0.2, 0) is 5.41 Å². The second-order valence-electron chi connectivity index (χ2n) is 13.3. The highest BCUT2D eigenvalue weighted by Gasteiger charge is 2.38. The third-order valence-electron chi connectivity index (χ3n) is 10.4. The van der Waals surface area contributed by atoms with Crippen molar-refractivity contribution < 1.29 is 4.42 Å². The molecule has 9 aromatic rings. The van der Waals surface area contributed by atoms with Gasteiger partial charge in [0.05, 0.1) is 11.1 Å². The molecule has 0 atom stereocenters. The summed E-state index contributed by atoms with van der Waals surface area (Å²) in [6.07, 6.45) is 0. The minimum absolute atomic E-state index is 0.0992. The average molecular weight is 602 g/mol. The number of para-hydroxylation sites is 2. The minimum Gasteiger partial charge on any atom is -0.456 e. The van der Waals surface area contributed by atoms with Gasteiger partial charge in [0.25, 0.3) is 0 Å². The first-order valence-corrected chi connectivity index (χ1v) is 16.4. The number of anilines is 3. The predicted molar refractivity (Wildman–Crippen MR) is 198 cm³/mol. The normalized spacial score (nSPS) is 13.5. The zero-order valence-electron chi connectivity index (χ0n) is 26.3. The number of hydrogen-bond acceptors (Lipinski definition) is 2. The van der Waals surface area contributed by atoms with Crippen LogP contribution in [0, 0.1) is 0 Å². The Morgan fingerprint density at radius 1 is 0.489 bits per heavy atom. The lowest BCUT2D eigenvalue weighted by Gasteiger charge is -2.27. The minimum atomic E-state index is -0.0992. The van der Waals surface area contributed by atoms with Crippen molar-refractivity contribution in [2.24, 2.45) is 0 Å². The van der Waals surface area contributed by atoms with E-state index in [4.69, 9.17) is 4.42 Å². The summed E-state index contributed by atoms with van der Waals surface area (Å²) in [5.74, 6) is 0. The Labute approximate surface area is 273 Å². The Bertz CT molecular complexity index is 2720. The average Bonchev–Trinajstić information content (AvgIpc) is 3.61. The Balaban J connectivity index is 1.26. The van der Waals surface area contributed by atoms with E-state index in [1.807, 2.05) is 12.1 Å². The highest BCUT2D eigenvalue weighted by atomic mass is 16.3. The molecule has 0 radical (unpaired) electrons. The summed E-state index contributed by atoms with van der Waals surface area (Å²) in [5.41, 5.74) is 10.6. The van der Waals surface area contributed by atoms with Crippen molar-refractivity contribution in [3.8, 4) is 11.1 Å². The molecule has 0 amide bonds. The van der Waals surface area contributed by atoms with Crippen LogP contribution in [-0.4, -0.2) is 0 Å². The van der Waals surface area contributed by atoms with Crippen LogP contribution in [0.3, 0.4) is 0 Å². The lowest BCUT2D eigenvalue weighted by Crippen LogP contribution is -2.15. The Kier molecular flexibility index (Phi) is 5.37. The Morgan fingerprint density at radius 2 is 1.19 bits per heavy atom. The summed E-state index contributed by atoms with van der Waals surface area (Å²) >= 11 is 0. The van der Waals surface area contributed by atoms with Crippen LogP contribution in [0.4, 0.5) is 17.1 Å². The van der Waals surface area contributed by atoms with E-state index in [9.17, 15) is 0 Å². The number of hydrogen-bond donors (Lipinski definition) is 0. The van der Waals surface area contributed by atoms with Crippen LogP contribution in [0.2, 0.25) is 0 Å². The van der Waals surface area contributed by atoms with Crippen molar-refractivity contribution in [1.29, 1.82) is 0 Å². The van der Waals surface area contributed by atoms with E-state index in [1.54, 1.807) is 0 Å². The summed E-state index contributed by atoms with van der Waals surface area (Å²) in [4.78, 5) is 2.37. The molecule has 1 aliphatic carbocycles. The van der Waals surface area contributed by atoms with Crippen molar-refractivity contribution in [2.75, 3.05) is 4.90 Å². The molecule has 1 aliphatic rings. The highest BCUT2D eigenvalue weighted by molar-refractivity contribution is 6.26. The molecular formula is C45H31NO. The standard InChI is InChI=1S/C45H31NO/c1-45(2)37-19-10-8-17-34(37)42-33-16-7-6-15-32(33)41-31-26-24-30(27-28(31)23-25-36(41)44(42)45)46(29-13-4-3-5-14-29)38-20-12-22-40-43(38)35-18-9-11-21-39(35)47-40/h3-27H,1-2H3. The third kappa shape index (κ3) is 3.61. The first kappa shape index (κ1) is 26.4. The molecule has 1 heterocycles. The maximum absolute atomic E-state index is 6.32. The summed E-state index contributed by atoms with van der Waals surface area (Å²) in [6.45, 7) is 4.77. The van der Waals surface area contributed by atoms with E-state index in [0.29, 0.717) is 0 Å². The fourth-order valence-corrected chi connectivity index (χ4v) is 8.40. The van der Waals surface area contributed by atoms with E-state index in [1.165, 1.54) is 54.6 Å². The maximum Gasteiger partial charge on any atom is 0.137 e. The van der Waals surface area contributed by atoms with Crippen molar-refractivity contribution >= 4 is 71.3 Å². The van der Waals surface area contributed by atoms with Gasteiger partial charge in [-0.25, -0.2) is 0 Å². The molecular weight excluding hydrogens is 571 g/mol. The van der Waals surface area contributed by atoms with Gasteiger partial charge >= 0.3 is 0 Å². The topological polar surface area (TPSA) is 16.4 Å². The lowest BCUT2D eigenvalue weighted by atomic mass is 9.78. The largest absolute Gasteiger partial charge is 0.456 e. The van der Waals surface area contributed by atoms with Crippen LogP contribution < -0.4 is 4.90 Å². The summed E-state index contributed by atoms with van der Waals surface area (Å²) < 4.78 is 6.32. The van der Waals surface area contributed by atoms with Crippen molar-refractivity contribution in [2.45, 2.75) is 19.3 Å². The molecule has 0 fully saturated rings. The van der Waals surface area contributed by atoms with Gasteiger partial charge in [-0.15, -0.1) is 0 Å². The molecule has 222 valence electrons. The first-order valence-electron chi connectivity index (χ1n) is 16.4. The molecule has 1 aromatic heterocycles. The molecule has 0 saturated carbocycles. The van der Waals surface area contributed by atoms with Gasteiger partial charge in [0, 0.05) is 22.2 Å². The van der Waals surface area contributed by atoms with Crippen LogP contribution >= 0.6 is 0 Å². The van der Waals surface area contributed by atoms with Gasteiger partial charge in [-0.1, -0.05) is 123 Å². The second kappa shape index (κ2) is 9.57. The van der Waals surface area contributed by atoms with E-state index in [-0.39, 0.29) is 5.41 Å². The van der Waals surface area contributed by atoms with Crippen LogP contribution in [0.25, 0.3) is 65.4 Å². The quantitative estimate of drug-likeness (QED) is 0.187. The number of nitrogens with zero attached hydrogens (tertiary/aromatic N) is 1. The van der Waals surface area contributed by atoms with Gasteiger partial charge in [-0.3, -0.25) is 0 Å². The molecule has 0 spiro atoms. The van der Waals surface area contributed by atoms with Gasteiger partial charge < -0.3 is 9.32 Å². The number of fused-ring (bicyclic) bond motifs is 13. The van der Waals surface area contributed by atoms with Crippen molar-refractivity contribution in [1.82, 2.24) is 0 Å². The molecule has 0 bridgehead atoms. The highest BCUT2D eigenvalue weighted by Crippen LogP contribution is 2.55.